The Morgan fingerprint density at radius 3 is 2.76 bits per heavy atom. The van der Waals surface area contributed by atoms with E-state index in [0.29, 0.717) is 11.7 Å². The first-order valence-corrected chi connectivity index (χ1v) is 6.21. The molecule has 17 heavy (non-hydrogen) atoms. The van der Waals surface area contributed by atoms with Crippen molar-refractivity contribution < 1.29 is 9.53 Å². The van der Waals surface area contributed by atoms with E-state index < -0.39 is 0 Å². The van der Waals surface area contributed by atoms with Crippen LogP contribution in [-0.2, 0) is 4.79 Å². The van der Waals surface area contributed by atoms with E-state index in [2.05, 4.69) is 0 Å². The Bertz CT molecular complexity index is 397. The van der Waals surface area contributed by atoms with Crippen LogP contribution >= 0.6 is 0 Å². The molecule has 1 aliphatic rings. The molecule has 3 nitrogen and oxygen atoms in total. The van der Waals surface area contributed by atoms with Gasteiger partial charge in [-0.15, -0.1) is 0 Å². The van der Waals surface area contributed by atoms with Crippen LogP contribution in [0.1, 0.15) is 44.2 Å². The van der Waals surface area contributed by atoms with Gasteiger partial charge in [-0.3, -0.25) is 4.79 Å². The Hall–Kier alpha value is -1.35. The van der Waals surface area contributed by atoms with Crippen LogP contribution in [0.5, 0.6) is 5.75 Å². The van der Waals surface area contributed by atoms with E-state index in [9.17, 15) is 4.79 Å². The van der Waals surface area contributed by atoms with Gasteiger partial charge >= 0.3 is 5.97 Å². The fraction of sp³-hybridized carbons (Fsp3) is 0.500. The Labute approximate surface area is 102 Å². The highest BCUT2D eigenvalue weighted by Gasteiger charge is 2.23. The molecule has 2 rings (SSSR count). The molecular formula is C14H19NO2. The molecule has 0 aliphatic heterocycles. The van der Waals surface area contributed by atoms with Crippen molar-refractivity contribution in [3.63, 3.8) is 0 Å². The van der Waals surface area contributed by atoms with Gasteiger partial charge in [0.15, 0.2) is 0 Å². The van der Waals surface area contributed by atoms with Crippen molar-refractivity contribution in [2.24, 2.45) is 11.7 Å². The lowest BCUT2D eigenvalue weighted by Gasteiger charge is -2.19. The van der Waals surface area contributed by atoms with Crippen molar-refractivity contribution in [3.05, 3.63) is 29.8 Å². The molecule has 1 saturated carbocycles. The normalized spacial score (nSPS) is 18.0. The zero-order chi connectivity index (χ0) is 12.3. The number of hydrogen-bond acceptors (Lipinski definition) is 3. The molecule has 0 bridgehead atoms. The second kappa shape index (κ2) is 5.32. The number of hydrogen-bond donors (Lipinski definition) is 1. The molecule has 1 atom stereocenters. The smallest absolute Gasteiger partial charge is 0.308 e. The molecule has 0 amide bonds. The molecule has 1 aromatic carbocycles. The first kappa shape index (κ1) is 12.1. The summed E-state index contributed by atoms with van der Waals surface area (Å²) in [5, 5.41) is 0. The molecule has 1 aromatic rings. The lowest BCUT2D eigenvalue weighted by atomic mass is 9.92. The van der Waals surface area contributed by atoms with E-state index in [1.54, 1.807) is 6.07 Å². The highest BCUT2D eigenvalue weighted by Crippen LogP contribution is 2.34. The monoisotopic (exact) mass is 233 g/mol. The van der Waals surface area contributed by atoms with Gasteiger partial charge in [-0.2, -0.15) is 0 Å². The number of carbonyl (C=O) groups excluding carboxylic acids is 1. The molecule has 0 unspecified atom stereocenters. The predicted octanol–water partition coefficient (Wildman–Crippen LogP) is 2.80. The minimum Gasteiger partial charge on any atom is -0.427 e. The summed E-state index contributed by atoms with van der Waals surface area (Å²) in [6.45, 7) is 1.41. The predicted molar refractivity (Wildman–Crippen MR) is 66.6 cm³/mol. The van der Waals surface area contributed by atoms with E-state index in [1.807, 2.05) is 18.2 Å². The molecule has 0 heterocycles. The number of ether oxygens (including phenoxy) is 1. The maximum atomic E-state index is 10.9. The van der Waals surface area contributed by atoms with Crippen molar-refractivity contribution >= 4 is 5.97 Å². The van der Waals surface area contributed by atoms with Gasteiger partial charge < -0.3 is 10.5 Å². The molecule has 0 aromatic heterocycles. The molecule has 1 fully saturated rings. The Balaban J connectivity index is 2.11. The third-order valence-electron chi connectivity index (χ3n) is 3.41. The molecule has 0 saturated heterocycles. The molecular weight excluding hydrogens is 214 g/mol. The van der Waals surface area contributed by atoms with Crippen LogP contribution in [0.25, 0.3) is 0 Å². The van der Waals surface area contributed by atoms with E-state index in [4.69, 9.17) is 10.5 Å². The van der Waals surface area contributed by atoms with Crippen LogP contribution in [0.4, 0.5) is 0 Å². The summed E-state index contributed by atoms with van der Waals surface area (Å²) >= 11 is 0. The van der Waals surface area contributed by atoms with Crippen LogP contribution in [-0.4, -0.2) is 5.97 Å². The summed E-state index contributed by atoms with van der Waals surface area (Å²) in [7, 11) is 0. The molecule has 0 radical (unpaired) electrons. The van der Waals surface area contributed by atoms with Crippen LogP contribution in [0.15, 0.2) is 24.3 Å². The number of benzene rings is 1. The Morgan fingerprint density at radius 1 is 1.41 bits per heavy atom. The van der Waals surface area contributed by atoms with Gasteiger partial charge in [-0.1, -0.05) is 25.0 Å². The first-order valence-electron chi connectivity index (χ1n) is 6.21. The van der Waals surface area contributed by atoms with Gasteiger partial charge in [0.25, 0.3) is 0 Å². The Kier molecular flexibility index (Phi) is 3.79. The number of nitrogens with two attached hydrogens (primary N) is 1. The van der Waals surface area contributed by atoms with Gasteiger partial charge in [0.2, 0.25) is 0 Å². The third-order valence-corrected chi connectivity index (χ3v) is 3.41. The van der Waals surface area contributed by atoms with E-state index >= 15 is 0 Å². The number of carbonyl (C=O) groups is 1. The summed E-state index contributed by atoms with van der Waals surface area (Å²) in [5.74, 6) is 0.864. The molecule has 3 heteroatoms. The summed E-state index contributed by atoms with van der Waals surface area (Å²) in [5.41, 5.74) is 7.32. The van der Waals surface area contributed by atoms with Crippen molar-refractivity contribution in [3.8, 4) is 5.75 Å². The highest BCUT2D eigenvalue weighted by atomic mass is 16.5. The van der Waals surface area contributed by atoms with Crippen LogP contribution in [0.2, 0.25) is 0 Å². The first-order chi connectivity index (χ1) is 8.16. The van der Waals surface area contributed by atoms with Crippen molar-refractivity contribution in [1.29, 1.82) is 0 Å². The standard InChI is InChI=1S/C14H19NO2/c1-10(16)17-13-8-4-7-12(9-13)14(15)11-5-2-3-6-11/h4,7-9,11,14H,2-3,5-6,15H2,1H3/t14-/m0/s1. The van der Waals surface area contributed by atoms with Gasteiger partial charge in [0.05, 0.1) is 0 Å². The third kappa shape index (κ3) is 3.07. The molecule has 1 aliphatic carbocycles. The van der Waals surface area contributed by atoms with Gasteiger partial charge in [-0.05, 0) is 36.5 Å². The zero-order valence-electron chi connectivity index (χ0n) is 10.2. The minimum absolute atomic E-state index is 0.0630. The number of rotatable bonds is 3. The quantitative estimate of drug-likeness (QED) is 0.645. The Morgan fingerprint density at radius 2 is 2.12 bits per heavy atom. The van der Waals surface area contributed by atoms with Crippen LogP contribution < -0.4 is 10.5 Å². The van der Waals surface area contributed by atoms with Gasteiger partial charge in [0.1, 0.15) is 5.75 Å². The van der Waals surface area contributed by atoms with E-state index in [0.717, 1.165) is 5.56 Å². The largest absolute Gasteiger partial charge is 0.427 e. The fourth-order valence-corrected chi connectivity index (χ4v) is 2.54. The maximum absolute atomic E-state index is 10.9. The SMILES string of the molecule is CC(=O)Oc1cccc([C@@H](N)C2CCCC2)c1. The summed E-state index contributed by atoms with van der Waals surface area (Å²) in [6, 6.07) is 7.63. The maximum Gasteiger partial charge on any atom is 0.308 e. The van der Waals surface area contributed by atoms with Crippen molar-refractivity contribution in [2.75, 3.05) is 0 Å². The zero-order valence-corrected chi connectivity index (χ0v) is 10.2. The van der Waals surface area contributed by atoms with Gasteiger partial charge in [-0.25, -0.2) is 0 Å². The summed E-state index contributed by atoms with van der Waals surface area (Å²) < 4.78 is 5.07. The summed E-state index contributed by atoms with van der Waals surface area (Å²) in [4.78, 5) is 10.9. The number of esters is 1. The lowest BCUT2D eigenvalue weighted by Crippen LogP contribution is -2.19. The van der Waals surface area contributed by atoms with Gasteiger partial charge in [0, 0.05) is 13.0 Å². The van der Waals surface area contributed by atoms with Crippen molar-refractivity contribution in [2.45, 2.75) is 38.6 Å². The van der Waals surface area contributed by atoms with Crippen LogP contribution in [0.3, 0.4) is 0 Å². The molecule has 2 N–H and O–H groups in total. The fourth-order valence-electron chi connectivity index (χ4n) is 2.54. The topological polar surface area (TPSA) is 52.3 Å². The van der Waals surface area contributed by atoms with E-state index in [1.165, 1.54) is 32.6 Å². The van der Waals surface area contributed by atoms with E-state index in [-0.39, 0.29) is 12.0 Å². The minimum atomic E-state index is -0.295. The second-order valence-electron chi connectivity index (χ2n) is 4.74. The lowest BCUT2D eigenvalue weighted by molar-refractivity contribution is -0.131. The van der Waals surface area contributed by atoms with Crippen molar-refractivity contribution in [1.82, 2.24) is 0 Å². The second-order valence-corrected chi connectivity index (χ2v) is 4.74. The molecule has 92 valence electrons. The average molecular weight is 233 g/mol. The highest BCUT2D eigenvalue weighted by molar-refractivity contribution is 5.69. The van der Waals surface area contributed by atoms with Crippen LogP contribution in [0, 0.1) is 5.92 Å². The summed E-state index contributed by atoms with van der Waals surface area (Å²) in [6.07, 6.45) is 4.97. The molecule has 0 spiro atoms. The average Bonchev–Trinajstić information content (AvgIpc) is 2.81.